The minimum absolute atomic E-state index is 0.0143. The lowest BCUT2D eigenvalue weighted by molar-refractivity contribution is -0.171. The van der Waals surface area contributed by atoms with E-state index in [1.165, 1.54) is 18.2 Å². The Morgan fingerprint density at radius 2 is 2.06 bits per heavy atom. The van der Waals surface area contributed by atoms with E-state index in [-0.39, 0.29) is 23.6 Å². The molecule has 96 valence electrons. The normalized spacial score (nSPS) is 14.9. The Labute approximate surface area is 100 Å². The number of halogens is 3. The minimum Gasteiger partial charge on any atom is -0.326 e. The molecule has 1 aliphatic heterocycles. The fraction of sp³-hybridized carbons (Fsp3) is 0.273. The Hall–Kier alpha value is -1.89. The molecule has 0 unspecified atom stereocenters. The zero-order valence-electron chi connectivity index (χ0n) is 9.12. The molecule has 4 nitrogen and oxygen atoms in total. The maximum Gasteiger partial charge on any atom is 0.472 e. The summed E-state index contributed by atoms with van der Waals surface area (Å²) in [5, 5.41) is 0. The third kappa shape index (κ3) is 1.97. The number of anilines is 1. The average Bonchev–Trinajstić information content (AvgIpc) is 2.61. The van der Waals surface area contributed by atoms with Crippen molar-refractivity contribution >= 4 is 17.5 Å². The summed E-state index contributed by atoms with van der Waals surface area (Å²) in [6.07, 6.45) is -5.28. The summed E-state index contributed by atoms with van der Waals surface area (Å²) in [6.45, 7) is 0.217. The van der Waals surface area contributed by atoms with Gasteiger partial charge in [0.25, 0.3) is 0 Å². The predicted octanol–water partition coefficient (Wildman–Crippen LogP) is 1.12. The van der Waals surface area contributed by atoms with Crippen LogP contribution in [0.25, 0.3) is 0 Å². The Kier molecular flexibility index (Phi) is 2.86. The molecule has 1 heterocycles. The van der Waals surface area contributed by atoms with Crippen molar-refractivity contribution in [2.24, 2.45) is 5.73 Å². The van der Waals surface area contributed by atoms with Crippen molar-refractivity contribution in [3.8, 4) is 0 Å². The SMILES string of the molecule is NCc1ccc2c(c1)CC(=O)N2C(=O)C(F)(F)F. The van der Waals surface area contributed by atoms with Crippen LogP contribution in [0.15, 0.2) is 18.2 Å². The molecule has 0 atom stereocenters. The van der Waals surface area contributed by atoms with Crippen LogP contribution in [0, 0.1) is 0 Å². The Morgan fingerprint density at radius 3 is 2.61 bits per heavy atom. The summed E-state index contributed by atoms with van der Waals surface area (Å²) < 4.78 is 37.1. The van der Waals surface area contributed by atoms with E-state index in [1.54, 1.807) is 0 Å². The topological polar surface area (TPSA) is 63.4 Å². The summed E-state index contributed by atoms with van der Waals surface area (Å²) in [4.78, 5) is 22.8. The van der Waals surface area contributed by atoms with Gasteiger partial charge in [-0.3, -0.25) is 9.59 Å². The number of rotatable bonds is 1. The molecule has 1 aromatic rings. The van der Waals surface area contributed by atoms with Crippen molar-refractivity contribution in [1.82, 2.24) is 0 Å². The first-order valence-electron chi connectivity index (χ1n) is 5.10. The zero-order valence-corrected chi connectivity index (χ0v) is 9.12. The third-order valence-corrected chi connectivity index (χ3v) is 2.66. The van der Waals surface area contributed by atoms with Gasteiger partial charge in [-0.25, -0.2) is 4.90 Å². The highest BCUT2D eigenvalue weighted by molar-refractivity contribution is 6.20. The van der Waals surface area contributed by atoms with Gasteiger partial charge in [0, 0.05) is 6.54 Å². The van der Waals surface area contributed by atoms with Crippen LogP contribution < -0.4 is 10.6 Å². The molecule has 0 aromatic heterocycles. The summed E-state index contributed by atoms with van der Waals surface area (Å²) in [5.41, 5.74) is 6.47. The van der Waals surface area contributed by atoms with Crippen LogP contribution in [0.3, 0.4) is 0 Å². The number of imide groups is 1. The predicted molar refractivity (Wildman–Crippen MR) is 56.6 cm³/mol. The first-order valence-corrected chi connectivity index (χ1v) is 5.10. The molecule has 7 heteroatoms. The largest absolute Gasteiger partial charge is 0.472 e. The lowest BCUT2D eigenvalue weighted by Crippen LogP contribution is -2.43. The van der Waals surface area contributed by atoms with Crippen LogP contribution in [0.2, 0.25) is 0 Å². The molecule has 1 aliphatic rings. The van der Waals surface area contributed by atoms with E-state index in [9.17, 15) is 22.8 Å². The molecule has 0 radical (unpaired) electrons. The summed E-state index contributed by atoms with van der Waals surface area (Å²) in [6, 6.07) is 4.34. The van der Waals surface area contributed by atoms with Crippen molar-refractivity contribution in [3.63, 3.8) is 0 Å². The zero-order chi connectivity index (χ0) is 13.5. The van der Waals surface area contributed by atoms with Gasteiger partial charge in [-0.05, 0) is 17.2 Å². The molecule has 0 spiro atoms. The van der Waals surface area contributed by atoms with Crippen LogP contribution in [-0.2, 0) is 22.6 Å². The molecular weight excluding hydrogens is 249 g/mol. The van der Waals surface area contributed by atoms with Crippen LogP contribution in [0.1, 0.15) is 11.1 Å². The highest BCUT2D eigenvalue weighted by Gasteiger charge is 2.47. The van der Waals surface area contributed by atoms with Gasteiger partial charge in [0.15, 0.2) is 0 Å². The molecule has 1 aromatic carbocycles. The van der Waals surface area contributed by atoms with E-state index in [0.717, 1.165) is 0 Å². The van der Waals surface area contributed by atoms with Crippen molar-refractivity contribution in [2.75, 3.05) is 4.90 Å². The molecule has 2 rings (SSSR count). The lowest BCUT2D eigenvalue weighted by atomic mass is 10.1. The molecule has 0 aliphatic carbocycles. The maximum atomic E-state index is 12.4. The standard InChI is InChI=1S/C11H9F3N2O2/c12-11(13,14)10(18)16-8-2-1-6(5-15)3-7(8)4-9(16)17/h1-3H,4-5,15H2. The number of nitrogens with zero attached hydrogens (tertiary/aromatic N) is 1. The Bertz CT molecular complexity index is 526. The minimum atomic E-state index is -5.07. The van der Waals surface area contributed by atoms with E-state index in [0.29, 0.717) is 11.1 Å². The van der Waals surface area contributed by atoms with Crippen molar-refractivity contribution in [3.05, 3.63) is 29.3 Å². The fourth-order valence-corrected chi connectivity index (χ4v) is 1.85. The Morgan fingerprint density at radius 1 is 1.39 bits per heavy atom. The van der Waals surface area contributed by atoms with E-state index in [4.69, 9.17) is 5.73 Å². The van der Waals surface area contributed by atoms with Gasteiger partial charge in [-0.1, -0.05) is 12.1 Å². The molecule has 2 amide bonds. The van der Waals surface area contributed by atoms with Crippen molar-refractivity contribution in [2.45, 2.75) is 19.1 Å². The number of alkyl halides is 3. The molecule has 2 N–H and O–H groups in total. The fourth-order valence-electron chi connectivity index (χ4n) is 1.85. The molecule has 0 fully saturated rings. The van der Waals surface area contributed by atoms with E-state index in [2.05, 4.69) is 0 Å². The average molecular weight is 258 g/mol. The van der Waals surface area contributed by atoms with E-state index < -0.39 is 18.0 Å². The third-order valence-electron chi connectivity index (χ3n) is 2.66. The number of carbonyl (C=O) groups excluding carboxylic acids is 2. The second-order valence-electron chi connectivity index (χ2n) is 3.88. The first kappa shape index (κ1) is 12.6. The summed E-state index contributed by atoms with van der Waals surface area (Å²) >= 11 is 0. The first-order chi connectivity index (χ1) is 8.34. The maximum absolute atomic E-state index is 12.4. The summed E-state index contributed by atoms with van der Waals surface area (Å²) in [7, 11) is 0. The van der Waals surface area contributed by atoms with Crippen molar-refractivity contribution in [1.29, 1.82) is 0 Å². The number of amides is 2. The van der Waals surface area contributed by atoms with Crippen LogP contribution >= 0.6 is 0 Å². The monoisotopic (exact) mass is 258 g/mol. The second-order valence-corrected chi connectivity index (χ2v) is 3.88. The van der Waals surface area contributed by atoms with Crippen LogP contribution in [0.5, 0.6) is 0 Å². The number of fused-ring (bicyclic) bond motifs is 1. The van der Waals surface area contributed by atoms with E-state index >= 15 is 0 Å². The van der Waals surface area contributed by atoms with Gasteiger partial charge >= 0.3 is 12.1 Å². The van der Waals surface area contributed by atoms with Gasteiger partial charge in [0.2, 0.25) is 5.91 Å². The number of benzene rings is 1. The molecular formula is C11H9F3N2O2. The van der Waals surface area contributed by atoms with Gasteiger partial charge in [0.1, 0.15) is 0 Å². The molecule has 0 saturated carbocycles. The molecule has 0 bridgehead atoms. The van der Waals surface area contributed by atoms with Crippen LogP contribution in [-0.4, -0.2) is 18.0 Å². The van der Waals surface area contributed by atoms with Gasteiger partial charge in [-0.2, -0.15) is 13.2 Å². The highest BCUT2D eigenvalue weighted by atomic mass is 19.4. The second kappa shape index (κ2) is 4.09. The molecule has 0 saturated heterocycles. The number of hydrogen-bond acceptors (Lipinski definition) is 3. The smallest absolute Gasteiger partial charge is 0.326 e. The van der Waals surface area contributed by atoms with Crippen LogP contribution in [0.4, 0.5) is 18.9 Å². The molecule has 18 heavy (non-hydrogen) atoms. The van der Waals surface area contributed by atoms with Gasteiger partial charge < -0.3 is 5.73 Å². The number of carbonyl (C=O) groups is 2. The quantitative estimate of drug-likeness (QED) is 0.821. The van der Waals surface area contributed by atoms with Crippen molar-refractivity contribution < 1.29 is 22.8 Å². The number of nitrogens with two attached hydrogens (primary N) is 1. The Balaban J connectivity index is 2.43. The van der Waals surface area contributed by atoms with Gasteiger partial charge in [0.05, 0.1) is 12.1 Å². The highest BCUT2D eigenvalue weighted by Crippen LogP contribution is 2.33. The summed E-state index contributed by atoms with van der Waals surface area (Å²) in [5.74, 6) is -3.03. The van der Waals surface area contributed by atoms with Gasteiger partial charge in [-0.15, -0.1) is 0 Å². The number of hydrogen-bond donors (Lipinski definition) is 1. The van der Waals surface area contributed by atoms with E-state index in [1.807, 2.05) is 0 Å². The lowest BCUT2D eigenvalue weighted by Gasteiger charge is -2.17.